The minimum atomic E-state index is -0.400. The number of hydrogen-bond acceptors (Lipinski definition) is 6. The van der Waals surface area contributed by atoms with Gasteiger partial charge in [-0.3, -0.25) is 10.1 Å². The van der Waals surface area contributed by atoms with Crippen molar-refractivity contribution in [2.45, 2.75) is 38.8 Å². The van der Waals surface area contributed by atoms with E-state index in [2.05, 4.69) is 25.1 Å². The Labute approximate surface area is 144 Å². The molecule has 2 aromatic heterocycles. The lowest BCUT2D eigenvalue weighted by molar-refractivity contribution is -0.384. The van der Waals surface area contributed by atoms with Gasteiger partial charge in [-0.25, -0.2) is 4.98 Å². The van der Waals surface area contributed by atoms with Crippen LogP contribution in [0.2, 0.25) is 0 Å². The topological polar surface area (TPSA) is 98.8 Å². The second kappa shape index (κ2) is 6.46. The van der Waals surface area contributed by atoms with Crippen LogP contribution < -0.4 is 5.32 Å². The van der Waals surface area contributed by atoms with E-state index in [0.717, 1.165) is 41.9 Å². The van der Waals surface area contributed by atoms with Crippen LogP contribution in [0, 0.1) is 10.1 Å². The monoisotopic (exact) mass is 338 g/mol. The number of pyridine rings is 1. The lowest BCUT2D eigenvalue weighted by Crippen LogP contribution is -2.10. The highest BCUT2D eigenvalue weighted by molar-refractivity contribution is 5.82. The number of fused-ring (bicyclic) bond motifs is 2. The van der Waals surface area contributed by atoms with Gasteiger partial charge in [-0.1, -0.05) is 6.42 Å². The maximum absolute atomic E-state index is 10.8. The molecule has 0 amide bonds. The van der Waals surface area contributed by atoms with Gasteiger partial charge in [0.25, 0.3) is 5.69 Å². The molecule has 0 saturated carbocycles. The maximum Gasteiger partial charge on any atom is 0.270 e. The van der Waals surface area contributed by atoms with Crippen LogP contribution in [0.15, 0.2) is 30.3 Å². The Bertz CT molecular complexity index is 936. The van der Waals surface area contributed by atoms with E-state index in [4.69, 9.17) is 0 Å². The van der Waals surface area contributed by atoms with Crippen molar-refractivity contribution in [2.75, 3.05) is 5.32 Å². The largest absolute Gasteiger partial charge is 0.363 e. The van der Waals surface area contributed by atoms with Gasteiger partial charge >= 0.3 is 0 Å². The van der Waals surface area contributed by atoms with E-state index < -0.39 is 4.92 Å². The highest BCUT2D eigenvalue weighted by Crippen LogP contribution is 2.21. The van der Waals surface area contributed by atoms with Crippen molar-refractivity contribution in [1.82, 2.24) is 19.7 Å². The molecule has 1 aromatic carbocycles. The summed E-state index contributed by atoms with van der Waals surface area (Å²) in [7, 11) is 0. The van der Waals surface area contributed by atoms with Crippen LogP contribution in [0.1, 0.15) is 30.9 Å². The van der Waals surface area contributed by atoms with Gasteiger partial charge in [0, 0.05) is 30.5 Å². The molecular weight excluding hydrogens is 320 g/mol. The zero-order valence-corrected chi connectivity index (χ0v) is 13.7. The highest BCUT2D eigenvalue weighted by atomic mass is 16.6. The molecule has 128 valence electrons. The Balaban J connectivity index is 1.52. The molecule has 0 saturated heterocycles. The fourth-order valence-electron chi connectivity index (χ4n) is 3.17. The molecule has 0 spiro atoms. The van der Waals surface area contributed by atoms with Crippen molar-refractivity contribution < 1.29 is 4.92 Å². The van der Waals surface area contributed by atoms with Crippen molar-refractivity contribution in [3.8, 4) is 0 Å². The molecule has 4 rings (SSSR count). The number of nitro benzene ring substituents is 1. The first-order valence-electron chi connectivity index (χ1n) is 8.41. The summed E-state index contributed by atoms with van der Waals surface area (Å²) in [5.74, 6) is 2.70. The molecule has 3 heterocycles. The molecule has 3 aromatic rings. The average molecular weight is 338 g/mol. The molecule has 0 aliphatic carbocycles. The minimum absolute atomic E-state index is 0.0705. The van der Waals surface area contributed by atoms with Gasteiger partial charge in [-0.15, -0.1) is 10.2 Å². The van der Waals surface area contributed by atoms with E-state index >= 15 is 0 Å². The SMILES string of the molecule is O=[N+]([O-])c1ccc2nc(NCc3nnc4n3CCCCC4)ccc2c1. The Kier molecular flexibility index (Phi) is 4.01. The van der Waals surface area contributed by atoms with Gasteiger partial charge in [-0.2, -0.15) is 0 Å². The number of nitrogens with zero attached hydrogens (tertiary/aromatic N) is 5. The van der Waals surface area contributed by atoms with Gasteiger partial charge in [0.2, 0.25) is 0 Å². The smallest absolute Gasteiger partial charge is 0.270 e. The summed E-state index contributed by atoms with van der Waals surface area (Å²) >= 11 is 0. The summed E-state index contributed by atoms with van der Waals surface area (Å²) in [5, 5.41) is 23.5. The third-order valence-electron chi connectivity index (χ3n) is 4.50. The van der Waals surface area contributed by atoms with Crippen molar-refractivity contribution in [1.29, 1.82) is 0 Å². The summed E-state index contributed by atoms with van der Waals surface area (Å²) in [6.07, 6.45) is 4.55. The zero-order chi connectivity index (χ0) is 17.2. The normalized spacial score (nSPS) is 14.1. The van der Waals surface area contributed by atoms with E-state index in [9.17, 15) is 10.1 Å². The van der Waals surface area contributed by atoms with Gasteiger partial charge in [0.1, 0.15) is 11.6 Å². The molecule has 0 unspecified atom stereocenters. The van der Waals surface area contributed by atoms with E-state index in [1.807, 2.05) is 12.1 Å². The van der Waals surface area contributed by atoms with Crippen molar-refractivity contribution in [2.24, 2.45) is 0 Å². The standard InChI is InChI=1S/C17H18N6O2/c24-23(25)13-6-7-14-12(10-13)5-8-15(19-14)18-11-17-21-20-16-4-2-1-3-9-22(16)17/h5-8,10H,1-4,9,11H2,(H,18,19). The molecule has 0 bridgehead atoms. The van der Waals surface area contributed by atoms with Gasteiger partial charge in [-0.05, 0) is 31.0 Å². The Morgan fingerprint density at radius 2 is 2.08 bits per heavy atom. The molecule has 8 nitrogen and oxygen atoms in total. The van der Waals surface area contributed by atoms with Crippen LogP contribution >= 0.6 is 0 Å². The van der Waals surface area contributed by atoms with E-state index in [1.165, 1.54) is 25.0 Å². The van der Waals surface area contributed by atoms with Crippen LogP contribution in [-0.2, 0) is 19.5 Å². The Morgan fingerprint density at radius 1 is 1.16 bits per heavy atom. The predicted octanol–water partition coefficient (Wildman–Crippen LogP) is 3.07. The summed E-state index contributed by atoms with van der Waals surface area (Å²) in [6, 6.07) is 8.33. The summed E-state index contributed by atoms with van der Waals surface area (Å²) < 4.78 is 2.20. The lowest BCUT2D eigenvalue weighted by Gasteiger charge is -2.09. The molecule has 1 aliphatic rings. The molecule has 0 atom stereocenters. The second-order valence-electron chi connectivity index (χ2n) is 6.18. The van der Waals surface area contributed by atoms with Crippen LogP contribution in [0.25, 0.3) is 10.9 Å². The third-order valence-corrected chi connectivity index (χ3v) is 4.50. The summed E-state index contributed by atoms with van der Waals surface area (Å²) in [6.45, 7) is 1.52. The van der Waals surface area contributed by atoms with Gasteiger partial charge < -0.3 is 9.88 Å². The maximum atomic E-state index is 10.8. The first-order chi connectivity index (χ1) is 12.2. The van der Waals surface area contributed by atoms with Gasteiger partial charge in [0.15, 0.2) is 5.82 Å². The molecule has 0 fully saturated rings. The number of anilines is 1. The number of nitro groups is 1. The highest BCUT2D eigenvalue weighted by Gasteiger charge is 2.14. The minimum Gasteiger partial charge on any atom is -0.363 e. The third kappa shape index (κ3) is 3.15. The number of rotatable bonds is 4. The molecular formula is C17H18N6O2. The van der Waals surface area contributed by atoms with E-state index in [1.54, 1.807) is 6.07 Å². The lowest BCUT2D eigenvalue weighted by atomic mass is 10.2. The number of nitrogens with one attached hydrogen (secondary N) is 1. The number of benzene rings is 1. The second-order valence-corrected chi connectivity index (χ2v) is 6.18. The Hall–Kier alpha value is -3.03. The number of hydrogen-bond donors (Lipinski definition) is 1. The number of aryl methyl sites for hydroxylation is 1. The van der Waals surface area contributed by atoms with E-state index in [0.29, 0.717) is 12.4 Å². The van der Waals surface area contributed by atoms with Crippen LogP contribution in [0.5, 0.6) is 0 Å². The number of aromatic nitrogens is 4. The van der Waals surface area contributed by atoms with Gasteiger partial charge in [0.05, 0.1) is 17.0 Å². The first kappa shape index (κ1) is 15.5. The quantitative estimate of drug-likeness (QED) is 0.580. The zero-order valence-electron chi connectivity index (χ0n) is 13.7. The fourth-order valence-corrected chi connectivity index (χ4v) is 3.17. The predicted molar refractivity (Wildman–Crippen MR) is 93.3 cm³/mol. The van der Waals surface area contributed by atoms with Crippen molar-refractivity contribution in [3.05, 3.63) is 52.1 Å². The summed E-state index contributed by atoms with van der Waals surface area (Å²) in [4.78, 5) is 15.0. The first-order valence-corrected chi connectivity index (χ1v) is 8.41. The van der Waals surface area contributed by atoms with Crippen LogP contribution in [0.4, 0.5) is 11.5 Å². The number of non-ortho nitro benzene ring substituents is 1. The summed E-state index contributed by atoms with van der Waals surface area (Å²) in [5.41, 5.74) is 0.789. The van der Waals surface area contributed by atoms with E-state index in [-0.39, 0.29) is 5.69 Å². The van der Waals surface area contributed by atoms with Crippen molar-refractivity contribution >= 4 is 22.4 Å². The molecule has 0 radical (unpaired) electrons. The molecule has 8 heteroatoms. The van der Waals surface area contributed by atoms with Crippen LogP contribution in [0.3, 0.4) is 0 Å². The van der Waals surface area contributed by atoms with Crippen LogP contribution in [-0.4, -0.2) is 24.7 Å². The van der Waals surface area contributed by atoms with Crippen molar-refractivity contribution in [3.63, 3.8) is 0 Å². The molecule has 25 heavy (non-hydrogen) atoms. The molecule has 1 aliphatic heterocycles. The fraction of sp³-hybridized carbons (Fsp3) is 0.353. The molecule has 1 N–H and O–H groups in total. The Morgan fingerprint density at radius 3 is 2.96 bits per heavy atom. The average Bonchev–Trinajstić information content (AvgIpc) is 2.85.